The van der Waals surface area contributed by atoms with E-state index >= 15 is 0 Å². The summed E-state index contributed by atoms with van der Waals surface area (Å²) in [5, 5.41) is 13.9. The molecule has 1 unspecified atom stereocenters. The third-order valence-corrected chi connectivity index (χ3v) is 5.60. The molecule has 8 heteroatoms. The van der Waals surface area contributed by atoms with Crippen LogP contribution in [0.3, 0.4) is 0 Å². The van der Waals surface area contributed by atoms with E-state index in [2.05, 4.69) is 5.32 Å². The number of carbonyl (C=O) groups is 1. The standard InChI is InChI=1S/C25H20ClF3N2O2/c26-20-9-10-22-21(13-20)18(12-23(32)33)15-31(22)24(17-6-2-1-3-7-17)30-14-16-5-4-8-19(11-16)25(27,28)29/h1-11,13,15,24,30H,12,14H2,(H,32,33). The summed E-state index contributed by atoms with van der Waals surface area (Å²) in [4.78, 5) is 11.4. The summed E-state index contributed by atoms with van der Waals surface area (Å²) >= 11 is 6.16. The van der Waals surface area contributed by atoms with Crippen LogP contribution in [-0.2, 0) is 23.9 Å². The van der Waals surface area contributed by atoms with Crippen molar-refractivity contribution in [2.45, 2.75) is 25.3 Å². The van der Waals surface area contributed by atoms with Gasteiger partial charge in [0.25, 0.3) is 0 Å². The first-order chi connectivity index (χ1) is 15.7. The Hall–Kier alpha value is -3.29. The summed E-state index contributed by atoms with van der Waals surface area (Å²) in [6, 6.07) is 19.9. The van der Waals surface area contributed by atoms with Crippen LogP contribution in [0.2, 0.25) is 5.02 Å². The maximum atomic E-state index is 13.1. The van der Waals surface area contributed by atoms with Gasteiger partial charge in [-0.3, -0.25) is 10.1 Å². The van der Waals surface area contributed by atoms with E-state index in [1.165, 1.54) is 6.07 Å². The molecule has 0 saturated carbocycles. The highest BCUT2D eigenvalue weighted by Gasteiger charge is 2.30. The van der Waals surface area contributed by atoms with Crippen molar-refractivity contribution in [3.8, 4) is 0 Å². The molecule has 1 heterocycles. The number of benzene rings is 3. The van der Waals surface area contributed by atoms with Gasteiger partial charge >= 0.3 is 12.1 Å². The van der Waals surface area contributed by atoms with Crippen LogP contribution in [0, 0.1) is 0 Å². The molecule has 0 saturated heterocycles. The summed E-state index contributed by atoms with van der Waals surface area (Å²) in [5.74, 6) is -0.970. The number of hydrogen-bond donors (Lipinski definition) is 2. The van der Waals surface area contributed by atoms with Crippen molar-refractivity contribution in [2.24, 2.45) is 0 Å². The van der Waals surface area contributed by atoms with E-state index in [9.17, 15) is 23.1 Å². The van der Waals surface area contributed by atoms with Crippen LogP contribution in [-0.4, -0.2) is 15.6 Å². The van der Waals surface area contributed by atoms with Gasteiger partial charge in [0.1, 0.15) is 6.17 Å². The second kappa shape index (κ2) is 9.29. The molecule has 3 aromatic carbocycles. The first kappa shape index (κ1) is 22.9. The first-order valence-electron chi connectivity index (χ1n) is 10.2. The Balaban J connectivity index is 1.75. The lowest BCUT2D eigenvalue weighted by atomic mass is 10.1. The number of aromatic nitrogens is 1. The molecule has 4 nitrogen and oxygen atoms in total. The average Bonchev–Trinajstić information content (AvgIpc) is 3.11. The van der Waals surface area contributed by atoms with E-state index in [1.807, 2.05) is 41.0 Å². The lowest BCUT2D eigenvalue weighted by Gasteiger charge is -2.23. The summed E-state index contributed by atoms with van der Waals surface area (Å²) in [5.41, 5.74) is 2.01. The molecule has 4 aromatic rings. The number of hydrogen-bond acceptors (Lipinski definition) is 2. The molecule has 1 aromatic heterocycles. The van der Waals surface area contributed by atoms with E-state index in [0.717, 1.165) is 23.2 Å². The van der Waals surface area contributed by atoms with E-state index in [1.54, 1.807) is 24.4 Å². The van der Waals surface area contributed by atoms with Crippen LogP contribution in [0.15, 0.2) is 79.0 Å². The van der Waals surface area contributed by atoms with Crippen molar-refractivity contribution in [3.63, 3.8) is 0 Å². The van der Waals surface area contributed by atoms with Gasteiger partial charge in [-0.25, -0.2) is 0 Å². The predicted octanol–water partition coefficient (Wildman–Crippen LogP) is 6.28. The predicted molar refractivity (Wildman–Crippen MR) is 121 cm³/mol. The van der Waals surface area contributed by atoms with Crippen LogP contribution < -0.4 is 5.32 Å². The minimum Gasteiger partial charge on any atom is -0.481 e. The lowest BCUT2D eigenvalue weighted by Crippen LogP contribution is -2.27. The van der Waals surface area contributed by atoms with E-state index in [0.29, 0.717) is 21.5 Å². The summed E-state index contributed by atoms with van der Waals surface area (Å²) in [6.45, 7) is 0.172. The molecule has 1 atom stereocenters. The number of halogens is 4. The Labute approximate surface area is 193 Å². The zero-order valence-electron chi connectivity index (χ0n) is 17.3. The second-order valence-corrected chi connectivity index (χ2v) is 8.12. The molecule has 0 fully saturated rings. The van der Waals surface area contributed by atoms with Crippen molar-refractivity contribution < 1.29 is 23.1 Å². The molecule has 2 N–H and O–H groups in total. The maximum absolute atomic E-state index is 13.1. The Morgan fingerprint density at radius 3 is 2.48 bits per heavy atom. The van der Waals surface area contributed by atoms with Crippen LogP contribution in [0.4, 0.5) is 13.2 Å². The maximum Gasteiger partial charge on any atom is 0.416 e. The molecule has 0 aliphatic heterocycles. The van der Waals surface area contributed by atoms with Gasteiger partial charge in [0.2, 0.25) is 0 Å². The Morgan fingerprint density at radius 2 is 1.79 bits per heavy atom. The normalized spacial score (nSPS) is 12.7. The highest BCUT2D eigenvalue weighted by molar-refractivity contribution is 6.31. The van der Waals surface area contributed by atoms with Crippen molar-refractivity contribution in [1.82, 2.24) is 9.88 Å². The lowest BCUT2D eigenvalue weighted by molar-refractivity contribution is -0.138. The first-order valence-corrected chi connectivity index (χ1v) is 10.6. The summed E-state index contributed by atoms with van der Waals surface area (Å²) in [6.07, 6.45) is -3.30. The summed E-state index contributed by atoms with van der Waals surface area (Å²) < 4.78 is 41.3. The van der Waals surface area contributed by atoms with Crippen molar-refractivity contribution in [1.29, 1.82) is 0 Å². The largest absolute Gasteiger partial charge is 0.481 e. The SMILES string of the molecule is O=C(O)Cc1cn(C(NCc2cccc(C(F)(F)F)c2)c2ccccc2)c2ccc(Cl)cc12. The molecule has 0 bridgehead atoms. The molecule has 0 radical (unpaired) electrons. The fraction of sp³-hybridized carbons (Fsp3) is 0.160. The monoisotopic (exact) mass is 472 g/mol. The Bertz CT molecular complexity index is 1290. The van der Waals surface area contributed by atoms with Crippen molar-refractivity contribution in [2.75, 3.05) is 0 Å². The molecular weight excluding hydrogens is 453 g/mol. The van der Waals surface area contributed by atoms with Gasteiger partial charge in [-0.15, -0.1) is 0 Å². The van der Waals surface area contributed by atoms with E-state index in [-0.39, 0.29) is 13.0 Å². The molecule has 170 valence electrons. The van der Waals surface area contributed by atoms with E-state index < -0.39 is 23.9 Å². The fourth-order valence-corrected chi connectivity index (χ4v) is 4.07. The highest BCUT2D eigenvalue weighted by atomic mass is 35.5. The highest BCUT2D eigenvalue weighted by Crippen LogP contribution is 2.31. The van der Waals surface area contributed by atoms with Crippen molar-refractivity contribution >= 4 is 28.5 Å². The number of carboxylic acid groups (broad SMARTS) is 1. The number of nitrogens with one attached hydrogen (secondary N) is 1. The smallest absolute Gasteiger partial charge is 0.416 e. The number of fused-ring (bicyclic) bond motifs is 1. The molecule has 0 aliphatic carbocycles. The fourth-order valence-electron chi connectivity index (χ4n) is 3.90. The van der Waals surface area contributed by atoms with Gasteiger partial charge < -0.3 is 9.67 Å². The second-order valence-electron chi connectivity index (χ2n) is 7.69. The van der Waals surface area contributed by atoms with Gasteiger partial charge in [-0.2, -0.15) is 13.2 Å². The minimum absolute atomic E-state index is 0.172. The van der Waals surface area contributed by atoms with Crippen LogP contribution in [0.1, 0.15) is 28.4 Å². The topological polar surface area (TPSA) is 54.3 Å². The van der Waals surface area contributed by atoms with Crippen LogP contribution in [0.5, 0.6) is 0 Å². The Kier molecular flexibility index (Phi) is 6.44. The zero-order valence-corrected chi connectivity index (χ0v) is 18.1. The molecule has 33 heavy (non-hydrogen) atoms. The number of alkyl halides is 3. The molecule has 0 amide bonds. The number of carboxylic acids is 1. The van der Waals surface area contributed by atoms with Gasteiger partial charge in [-0.1, -0.05) is 60.1 Å². The molecule has 0 spiro atoms. The number of aliphatic carboxylic acids is 1. The quantitative estimate of drug-likeness (QED) is 0.333. The van der Waals surface area contributed by atoms with Gasteiger partial charge in [0.15, 0.2) is 0 Å². The van der Waals surface area contributed by atoms with Crippen LogP contribution in [0.25, 0.3) is 10.9 Å². The van der Waals surface area contributed by atoms with Gasteiger partial charge in [0.05, 0.1) is 17.5 Å². The van der Waals surface area contributed by atoms with Gasteiger partial charge in [0, 0.05) is 23.2 Å². The average molecular weight is 473 g/mol. The van der Waals surface area contributed by atoms with Gasteiger partial charge in [-0.05, 0) is 41.0 Å². The van der Waals surface area contributed by atoms with E-state index in [4.69, 9.17) is 11.6 Å². The molecular formula is C25H20ClF3N2O2. The zero-order chi connectivity index (χ0) is 23.6. The van der Waals surface area contributed by atoms with Crippen LogP contribution >= 0.6 is 11.6 Å². The number of nitrogens with zero attached hydrogens (tertiary/aromatic N) is 1. The van der Waals surface area contributed by atoms with Crippen molar-refractivity contribution in [3.05, 3.63) is 106 Å². The molecule has 4 rings (SSSR count). The molecule has 0 aliphatic rings. The number of rotatable bonds is 7. The Morgan fingerprint density at radius 1 is 1.03 bits per heavy atom. The minimum atomic E-state index is -4.42. The summed E-state index contributed by atoms with van der Waals surface area (Å²) in [7, 11) is 0. The third kappa shape index (κ3) is 5.21. The third-order valence-electron chi connectivity index (χ3n) is 5.37.